The average molecular weight is 309 g/mol. The van der Waals surface area contributed by atoms with Gasteiger partial charge < -0.3 is 24.6 Å². The van der Waals surface area contributed by atoms with E-state index in [-0.39, 0.29) is 19.6 Å². The highest BCUT2D eigenvalue weighted by molar-refractivity contribution is 5.88. The summed E-state index contributed by atoms with van der Waals surface area (Å²) in [5.41, 5.74) is -1.35. The predicted octanol–water partition coefficient (Wildman–Crippen LogP) is 0.824. The van der Waals surface area contributed by atoms with Gasteiger partial charge in [-0.05, 0) is 31.2 Å². The molecule has 1 unspecified atom stereocenters. The van der Waals surface area contributed by atoms with Gasteiger partial charge in [0.1, 0.15) is 11.5 Å². The van der Waals surface area contributed by atoms with Crippen LogP contribution in [0.3, 0.4) is 0 Å². The van der Waals surface area contributed by atoms with Gasteiger partial charge in [0.05, 0.1) is 13.2 Å². The van der Waals surface area contributed by atoms with E-state index in [0.29, 0.717) is 24.7 Å². The summed E-state index contributed by atoms with van der Waals surface area (Å²) in [6.07, 6.45) is 0.247. The number of hydrogen-bond acceptors (Lipinski definition) is 5. The highest BCUT2D eigenvalue weighted by atomic mass is 16.5. The number of benzene rings is 1. The largest absolute Gasteiger partial charge is 0.494 e. The Bertz CT molecular complexity index is 521. The summed E-state index contributed by atoms with van der Waals surface area (Å²) in [6, 6.07) is 6.84. The van der Waals surface area contributed by atoms with E-state index in [0.717, 1.165) is 0 Å². The lowest BCUT2D eigenvalue weighted by atomic mass is 9.99. The first-order chi connectivity index (χ1) is 10.6. The predicted molar refractivity (Wildman–Crippen MR) is 77.1 cm³/mol. The van der Waals surface area contributed by atoms with E-state index < -0.39 is 17.4 Å². The molecule has 1 aliphatic heterocycles. The molecule has 0 bridgehead atoms. The molecular weight excluding hydrogens is 290 g/mol. The zero-order chi connectivity index (χ0) is 16.0. The number of aliphatic carboxylic acids is 1. The standard InChI is InChI=1S/C15H19NO6/c1-2-21-11-3-5-12(6-4-11)22-9-13(17)16-15(14(18)19)7-8-20-10-15/h3-6H,2,7-10H2,1H3,(H,16,17)(H,18,19). The monoisotopic (exact) mass is 309 g/mol. The van der Waals surface area contributed by atoms with Crippen LogP contribution >= 0.6 is 0 Å². The van der Waals surface area contributed by atoms with Gasteiger partial charge in [0.25, 0.3) is 5.91 Å². The van der Waals surface area contributed by atoms with Crippen molar-refractivity contribution < 1.29 is 28.9 Å². The summed E-state index contributed by atoms with van der Waals surface area (Å²) in [5, 5.41) is 11.7. The van der Waals surface area contributed by atoms with Gasteiger partial charge in [-0.15, -0.1) is 0 Å². The number of carboxylic acids is 1. The third-order valence-electron chi connectivity index (χ3n) is 3.31. The summed E-state index contributed by atoms with van der Waals surface area (Å²) >= 11 is 0. The Hall–Kier alpha value is -2.28. The van der Waals surface area contributed by atoms with Crippen molar-refractivity contribution in [3.8, 4) is 11.5 Å². The van der Waals surface area contributed by atoms with Crippen LogP contribution in [0.5, 0.6) is 11.5 Å². The molecular formula is C15H19NO6. The number of ether oxygens (including phenoxy) is 3. The van der Waals surface area contributed by atoms with Crippen molar-refractivity contribution in [1.82, 2.24) is 5.32 Å². The first kappa shape index (κ1) is 16.1. The van der Waals surface area contributed by atoms with Gasteiger partial charge in [0.2, 0.25) is 0 Å². The maximum Gasteiger partial charge on any atom is 0.331 e. The second kappa shape index (κ2) is 7.13. The lowest BCUT2D eigenvalue weighted by molar-refractivity contribution is -0.148. The Balaban J connectivity index is 1.85. The zero-order valence-electron chi connectivity index (χ0n) is 12.3. The van der Waals surface area contributed by atoms with Crippen molar-refractivity contribution in [3.63, 3.8) is 0 Å². The van der Waals surface area contributed by atoms with E-state index >= 15 is 0 Å². The number of hydrogen-bond donors (Lipinski definition) is 2. The quantitative estimate of drug-likeness (QED) is 0.774. The van der Waals surface area contributed by atoms with Crippen molar-refractivity contribution in [3.05, 3.63) is 24.3 Å². The molecule has 1 saturated heterocycles. The van der Waals surface area contributed by atoms with Crippen LogP contribution in [-0.4, -0.2) is 48.9 Å². The Morgan fingerprint density at radius 1 is 1.27 bits per heavy atom. The normalized spacial score (nSPS) is 20.4. The molecule has 22 heavy (non-hydrogen) atoms. The lowest BCUT2D eigenvalue weighted by Gasteiger charge is -2.23. The van der Waals surface area contributed by atoms with E-state index in [2.05, 4.69) is 5.32 Å². The van der Waals surface area contributed by atoms with Crippen molar-refractivity contribution in [1.29, 1.82) is 0 Å². The van der Waals surface area contributed by atoms with Gasteiger partial charge in [0.15, 0.2) is 12.1 Å². The fourth-order valence-electron chi connectivity index (χ4n) is 2.14. The summed E-state index contributed by atoms with van der Waals surface area (Å²) in [6.45, 7) is 2.48. The van der Waals surface area contributed by atoms with Crippen LogP contribution in [0.2, 0.25) is 0 Å². The van der Waals surface area contributed by atoms with Crippen molar-refractivity contribution >= 4 is 11.9 Å². The molecule has 1 amide bonds. The Morgan fingerprint density at radius 3 is 2.41 bits per heavy atom. The fraction of sp³-hybridized carbons (Fsp3) is 0.467. The molecule has 120 valence electrons. The molecule has 1 aromatic rings. The molecule has 1 fully saturated rings. The van der Waals surface area contributed by atoms with Gasteiger partial charge in [-0.3, -0.25) is 4.79 Å². The van der Waals surface area contributed by atoms with E-state index in [1.807, 2.05) is 6.92 Å². The van der Waals surface area contributed by atoms with E-state index in [4.69, 9.17) is 14.2 Å². The number of nitrogens with one attached hydrogen (secondary N) is 1. The van der Waals surface area contributed by atoms with Crippen LogP contribution in [-0.2, 0) is 14.3 Å². The minimum atomic E-state index is -1.35. The Kier molecular flexibility index (Phi) is 5.21. The van der Waals surface area contributed by atoms with Gasteiger partial charge in [-0.25, -0.2) is 4.79 Å². The molecule has 0 aromatic heterocycles. The van der Waals surface area contributed by atoms with Gasteiger partial charge in [-0.1, -0.05) is 0 Å². The third-order valence-corrected chi connectivity index (χ3v) is 3.31. The number of carboxylic acid groups (broad SMARTS) is 1. The molecule has 0 spiro atoms. The number of rotatable bonds is 7. The Morgan fingerprint density at radius 2 is 1.91 bits per heavy atom. The van der Waals surface area contributed by atoms with Gasteiger partial charge >= 0.3 is 5.97 Å². The first-order valence-corrected chi connectivity index (χ1v) is 7.03. The van der Waals surface area contributed by atoms with E-state index in [9.17, 15) is 14.7 Å². The summed E-state index contributed by atoms with van der Waals surface area (Å²) in [7, 11) is 0. The van der Waals surface area contributed by atoms with Crippen molar-refractivity contribution in [2.24, 2.45) is 0 Å². The SMILES string of the molecule is CCOc1ccc(OCC(=O)NC2(C(=O)O)CCOC2)cc1. The minimum absolute atomic E-state index is 0.0306. The lowest BCUT2D eigenvalue weighted by Crippen LogP contribution is -2.56. The first-order valence-electron chi connectivity index (χ1n) is 7.03. The van der Waals surface area contributed by atoms with Crippen LogP contribution in [0.4, 0.5) is 0 Å². The maximum absolute atomic E-state index is 11.9. The molecule has 1 aliphatic rings. The third kappa shape index (κ3) is 3.88. The second-order valence-electron chi connectivity index (χ2n) is 4.93. The number of amides is 1. The van der Waals surface area contributed by atoms with E-state index in [1.165, 1.54) is 0 Å². The van der Waals surface area contributed by atoms with Crippen LogP contribution in [0, 0.1) is 0 Å². The van der Waals surface area contributed by atoms with Crippen LogP contribution in [0.15, 0.2) is 24.3 Å². The molecule has 0 radical (unpaired) electrons. The number of carbonyl (C=O) groups is 2. The highest BCUT2D eigenvalue weighted by Crippen LogP contribution is 2.20. The molecule has 2 N–H and O–H groups in total. The van der Waals surface area contributed by atoms with Crippen LogP contribution < -0.4 is 14.8 Å². The summed E-state index contributed by atoms with van der Waals surface area (Å²) < 4.78 is 15.7. The molecule has 7 heteroatoms. The summed E-state index contributed by atoms with van der Waals surface area (Å²) in [4.78, 5) is 23.2. The minimum Gasteiger partial charge on any atom is -0.494 e. The van der Waals surface area contributed by atoms with Gasteiger partial charge in [0, 0.05) is 13.0 Å². The molecule has 1 heterocycles. The smallest absolute Gasteiger partial charge is 0.331 e. The highest BCUT2D eigenvalue weighted by Gasteiger charge is 2.43. The molecule has 0 saturated carbocycles. The average Bonchev–Trinajstić information content (AvgIpc) is 2.97. The Labute approximate surface area is 128 Å². The second-order valence-corrected chi connectivity index (χ2v) is 4.93. The summed E-state index contributed by atoms with van der Waals surface area (Å²) in [5.74, 6) is -0.376. The maximum atomic E-state index is 11.9. The zero-order valence-corrected chi connectivity index (χ0v) is 12.3. The van der Waals surface area contributed by atoms with Crippen LogP contribution in [0.25, 0.3) is 0 Å². The van der Waals surface area contributed by atoms with Gasteiger partial charge in [-0.2, -0.15) is 0 Å². The van der Waals surface area contributed by atoms with E-state index in [1.54, 1.807) is 24.3 Å². The molecule has 7 nitrogen and oxygen atoms in total. The number of carbonyl (C=O) groups excluding carboxylic acids is 1. The fourth-order valence-corrected chi connectivity index (χ4v) is 2.14. The molecule has 1 atom stereocenters. The van der Waals surface area contributed by atoms with Crippen LogP contribution in [0.1, 0.15) is 13.3 Å². The molecule has 2 rings (SSSR count). The van der Waals surface area contributed by atoms with Crippen molar-refractivity contribution in [2.75, 3.05) is 26.4 Å². The molecule has 1 aromatic carbocycles. The molecule has 0 aliphatic carbocycles. The van der Waals surface area contributed by atoms with Crippen molar-refractivity contribution in [2.45, 2.75) is 18.9 Å². The topological polar surface area (TPSA) is 94.1 Å².